The van der Waals surface area contributed by atoms with Crippen LogP contribution in [-0.2, 0) is 0 Å². The lowest BCUT2D eigenvalue weighted by Gasteiger charge is -1.99. The second-order valence-corrected chi connectivity index (χ2v) is 2.48. The van der Waals surface area contributed by atoms with Crippen molar-refractivity contribution in [3.63, 3.8) is 0 Å². The molecule has 0 fully saturated rings. The van der Waals surface area contributed by atoms with Crippen LogP contribution in [0.3, 0.4) is 0 Å². The van der Waals surface area contributed by atoms with E-state index in [9.17, 15) is 0 Å². The Morgan fingerprint density at radius 3 is 2.70 bits per heavy atom. The highest BCUT2D eigenvalue weighted by atomic mass is 35.5. The van der Waals surface area contributed by atoms with Crippen molar-refractivity contribution >= 4 is 11.6 Å². The molecule has 0 saturated carbocycles. The van der Waals surface area contributed by atoms with E-state index in [2.05, 4.69) is 6.07 Å². The van der Waals surface area contributed by atoms with Gasteiger partial charge in [0.25, 0.3) is 0 Å². The number of ether oxygens (including phenoxy) is 1. The van der Waals surface area contributed by atoms with Crippen LogP contribution in [0.25, 0.3) is 0 Å². The van der Waals surface area contributed by atoms with Gasteiger partial charge in [-0.05, 0) is 24.6 Å². The summed E-state index contributed by atoms with van der Waals surface area (Å²) < 4.78 is 4.94. The molecule has 0 amide bonds. The van der Waals surface area contributed by atoms with E-state index in [1.165, 1.54) is 0 Å². The summed E-state index contributed by atoms with van der Waals surface area (Å²) in [6.07, 6.45) is 0. The first-order valence-corrected chi connectivity index (χ1v) is 3.33. The van der Waals surface area contributed by atoms with Gasteiger partial charge < -0.3 is 4.74 Å². The van der Waals surface area contributed by atoms with E-state index in [1.807, 2.05) is 19.1 Å². The molecule has 0 aliphatic carbocycles. The monoisotopic (exact) mass is 155 g/mol. The smallest absolute Gasteiger partial charge is 0.128 e. The van der Waals surface area contributed by atoms with E-state index in [4.69, 9.17) is 16.3 Å². The Labute approximate surface area is 65.6 Å². The molecule has 1 aromatic rings. The third-order valence-corrected chi connectivity index (χ3v) is 1.38. The topological polar surface area (TPSA) is 9.23 Å². The van der Waals surface area contributed by atoms with Gasteiger partial charge in [-0.25, -0.2) is 0 Å². The summed E-state index contributed by atoms with van der Waals surface area (Å²) in [5.41, 5.74) is 1.08. The molecule has 1 rings (SSSR count). The molecule has 0 spiro atoms. The number of halogens is 1. The summed E-state index contributed by atoms with van der Waals surface area (Å²) in [6.45, 7) is 1.96. The van der Waals surface area contributed by atoms with Gasteiger partial charge in [-0.15, -0.1) is 0 Å². The molecule has 0 heterocycles. The van der Waals surface area contributed by atoms with Gasteiger partial charge in [-0.2, -0.15) is 0 Å². The van der Waals surface area contributed by atoms with Crippen molar-refractivity contribution in [2.45, 2.75) is 6.92 Å². The Morgan fingerprint density at radius 2 is 2.20 bits per heavy atom. The molecule has 1 nitrogen and oxygen atoms in total. The highest BCUT2D eigenvalue weighted by Gasteiger charge is 1.94. The Balaban J connectivity index is 3.06. The van der Waals surface area contributed by atoms with Crippen LogP contribution in [-0.4, -0.2) is 7.11 Å². The fourth-order valence-electron chi connectivity index (χ4n) is 0.748. The highest BCUT2D eigenvalue weighted by Crippen LogP contribution is 2.18. The Kier molecular flexibility index (Phi) is 2.17. The number of aryl methyl sites for hydroxylation is 1. The van der Waals surface area contributed by atoms with Crippen molar-refractivity contribution in [3.05, 3.63) is 28.8 Å². The van der Waals surface area contributed by atoms with Crippen molar-refractivity contribution in [1.29, 1.82) is 0 Å². The second kappa shape index (κ2) is 2.93. The fourth-order valence-corrected chi connectivity index (χ4v) is 1.01. The molecule has 0 aromatic heterocycles. The van der Waals surface area contributed by atoms with Gasteiger partial charge in [0.1, 0.15) is 5.75 Å². The van der Waals surface area contributed by atoms with Crippen LogP contribution in [0.5, 0.6) is 5.75 Å². The molecule has 0 saturated heterocycles. The van der Waals surface area contributed by atoms with Crippen LogP contribution in [0.2, 0.25) is 5.02 Å². The standard InChI is InChI=1S/C8H8ClO/c1-6-3-7(9)5-8(4-6)10-2/h3-4H,1-2H3. The van der Waals surface area contributed by atoms with Gasteiger partial charge in [0.2, 0.25) is 0 Å². The van der Waals surface area contributed by atoms with Crippen molar-refractivity contribution in [2.75, 3.05) is 7.11 Å². The number of rotatable bonds is 1. The number of methoxy groups -OCH3 is 1. The van der Waals surface area contributed by atoms with Gasteiger partial charge in [-0.3, -0.25) is 0 Å². The maximum absolute atomic E-state index is 5.69. The molecular weight excluding hydrogens is 148 g/mol. The molecule has 0 aliphatic rings. The zero-order valence-corrected chi connectivity index (χ0v) is 6.70. The number of hydrogen-bond donors (Lipinski definition) is 0. The molecule has 53 valence electrons. The molecule has 1 aromatic carbocycles. The predicted molar refractivity (Wildman–Crippen MR) is 41.6 cm³/mol. The average Bonchev–Trinajstić information content (AvgIpc) is 1.85. The SMILES string of the molecule is COc1[c]c(Cl)cc(C)c1. The number of hydrogen-bond acceptors (Lipinski definition) is 1. The molecule has 2 heteroatoms. The van der Waals surface area contributed by atoms with Crippen molar-refractivity contribution in [1.82, 2.24) is 0 Å². The molecule has 10 heavy (non-hydrogen) atoms. The summed E-state index contributed by atoms with van der Waals surface area (Å²) in [7, 11) is 1.60. The molecule has 0 N–H and O–H groups in total. The Bertz CT molecular complexity index is 212. The van der Waals surface area contributed by atoms with Crippen molar-refractivity contribution < 1.29 is 4.74 Å². The van der Waals surface area contributed by atoms with E-state index in [1.54, 1.807) is 7.11 Å². The average molecular weight is 156 g/mol. The van der Waals surface area contributed by atoms with E-state index >= 15 is 0 Å². The fraction of sp³-hybridized carbons (Fsp3) is 0.250. The minimum Gasteiger partial charge on any atom is -0.496 e. The predicted octanol–water partition coefficient (Wildman–Crippen LogP) is 2.46. The largest absolute Gasteiger partial charge is 0.496 e. The lowest BCUT2D eigenvalue weighted by molar-refractivity contribution is 0.413. The van der Waals surface area contributed by atoms with E-state index in [-0.39, 0.29) is 0 Å². The van der Waals surface area contributed by atoms with E-state index in [0.29, 0.717) is 10.8 Å². The lowest BCUT2D eigenvalue weighted by Crippen LogP contribution is -1.83. The van der Waals surface area contributed by atoms with Crippen LogP contribution in [0.1, 0.15) is 5.56 Å². The molecule has 0 aliphatic heterocycles. The van der Waals surface area contributed by atoms with Crippen LogP contribution < -0.4 is 4.74 Å². The van der Waals surface area contributed by atoms with Gasteiger partial charge in [0.15, 0.2) is 0 Å². The van der Waals surface area contributed by atoms with Crippen LogP contribution >= 0.6 is 11.6 Å². The maximum Gasteiger partial charge on any atom is 0.128 e. The molecule has 0 bridgehead atoms. The Morgan fingerprint density at radius 1 is 1.50 bits per heavy atom. The van der Waals surface area contributed by atoms with Crippen LogP contribution in [0.15, 0.2) is 12.1 Å². The summed E-state index contributed by atoms with van der Waals surface area (Å²) >= 11 is 5.69. The minimum atomic E-state index is 0.594. The highest BCUT2D eigenvalue weighted by molar-refractivity contribution is 6.30. The summed E-state index contributed by atoms with van der Waals surface area (Å²) in [5, 5.41) is 0.594. The first-order valence-electron chi connectivity index (χ1n) is 2.96. The van der Waals surface area contributed by atoms with Crippen molar-refractivity contribution in [2.24, 2.45) is 0 Å². The van der Waals surface area contributed by atoms with Crippen LogP contribution in [0, 0.1) is 13.0 Å². The molecule has 0 unspecified atom stereocenters. The summed E-state index contributed by atoms with van der Waals surface area (Å²) in [6, 6.07) is 6.56. The van der Waals surface area contributed by atoms with Crippen molar-refractivity contribution in [3.8, 4) is 5.75 Å². The summed E-state index contributed by atoms with van der Waals surface area (Å²) in [4.78, 5) is 0. The lowest BCUT2D eigenvalue weighted by atomic mass is 10.2. The van der Waals surface area contributed by atoms with Gasteiger partial charge >= 0.3 is 0 Å². The first kappa shape index (κ1) is 7.42. The molecular formula is C8H8ClO. The number of benzene rings is 1. The zero-order valence-electron chi connectivity index (χ0n) is 5.94. The second-order valence-electron chi connectivity index (χ2n) is 2.07. The minimum absolute atomic E-state index is 0.594. The molecule has 0 atom stereocenters. The summed E-state index contributed by atoms with van der Waals surface area (Å²) in [5.74, 6) is 0.685. The van der Waals surface area contributed by atoms with E-state index < -0.39 is 0 Å². The van der Waals surface area contributed by atoms with E-state index in [0.717, 1.165) is 5.56 Å². The Hall–Kier alpha value is -0.690. The third kappa shape index (κ3) is 1.64. The normalized spacial score (nSPS) is 9.50. The van der Waals surface area contributed by atoms with Gasteiger partial charge in [0, 0.05) is 6.07 Å². The zero-order chi connectivity index (χ0) is 7.56. The quantitative estimate of drug-likeness (QED) is 0.606. The maximum atomic E-state index is 5.69. The third-order valence-electron chi connectivity index (χ3n) is 1.18. The van der Waals surface area contributed by atoms with Gasteiger partial charge in [-0.1, -0.05) is 11.6 Å². The van der Waals surface area contributed by atoms with Gasteiger partial charge in [0.05, 0.1) is 12.1 Å². The molecule has 1 radical (unpaired) electrons. The first-order chi connectivity index (χ1) is 4.72. The van der Waals surface area contributed by atoms with Crippen LogP contribution in [0.4, 0.5) is 0 Å².